The van der Waals surface area contributed by atoms with Crippen LogP contribution in [0.25, 0.3) is 0 Å². The number of hydrogen-bond donors (Lipinski definition) is 2. The van der Waals surface area contributed by atoms with Crippen LogP contribution in [0.4, 0.5) is 5.69 Å². The number of nitrogens with one attached hydrogen (secondary N) is 2. The number of amides is 1. The van der Waals surface area contributed by atoms with Crippen molar-refractivity contribution in [2.75, 3.05) is 32.0 Å². The van der Waals surface area contributed by atoms with E-state index < -0.39 is 0 Å². The molecule has 0 spiro atoms. The summed E-state index contributed by atoms with van der Waals surface area (Å²) in [6, 6.07) is 6.44. The molecule has 2 heterocycles. The first-order valence-corrected chi connectivity index (χ1v) is 7.49. The summed E-state index contributed by atoms with van der Waals surface area (Å²) in [7, 11) is 1.67. The van der Waals surface area contributed by atoms with Crippen LogP contribution in [0.5, 0.6) is 0 Å². The normalized spacial score (nSPS) is 28.2. The van der Waals surface area contributed by atoms with Gasteiger partial charge in [-0.3, -0.25) is 4.79 Å². The van der Waals surface area contributed by atoms with Crippen molar-refractivity contribution in [3.05, 3.63) is 29.3 Å². The van der Waals surface area contributed by atoms with Gasteiger partial charge in [0.05, 0.1) is 0 Å². The van der Waals surface area contributed by atoms with Gasteiger partial charge in [0.1, 0.15) is 0 Å². The maximum atomic E-state index is 11.8. The van der Waals surface area contributed by atoms with E-state index >= 15 is 0 Å². The molecule has 2 saturated heterocycles. The van der Waals surface area contributed by atoms with Gasteiger partial charge < -0.3 is 15.5 Å². The Morgan fingerprint density at radius 1 is 1.30 bits per heavy atom. The lowest BCUT2D eigenvalue weighted by Gasteiger charge is -2.32. The van der Waals surface area contributed by atoms with Crippen LogP contribution < -0.4 is 10.6 Å². The Morgan fingerprint density at radius 3 is 2.90 bits per heavy atom. The van der Waals surface area contributed by atoms with Crippen molar-refractivity contribution in [3.8, 4) is 0 Å². The minimum absolute atomic E-state index is 0.0243. The number of hydrogen-bond acceptors (Lipinski definition) is 3. The van der Waals surface area contributed by atoms with Crippen LogP contribution in [0.1, 0.15) is 28.8 Å². The van der Waals surface area contributed by atoms with Gasteiger partial charge in [-0.2, -0.15) is 0 Å². The second-order valence-electron chi connectivity index (χ2n) is 6.00. The molecule has 3 unspecified atom stereocenters. The Balaban J connectivity index is 1.77. The number of fused-ring (bicyclic) bond motifs is 2. The molecule has 2 bridgehead atoms. The molecule has 1 aromatic rings. The summed E-state index contributed by atoms with van der Waals surface area (Å²) in [6.07, 6.45) is 2.50. The number of anilines is 1. The number of carbonyl (C=O) groups excluding carboxylic acids is 1. The number of piperidine rings is 1. The molecule has 2 N–H and O–H groups in total. The Bertz CT molecular complexity index is 514. The number of nitrogens with zero attached hydrogens (tertiary/aromatic N) is 1. The summed E-state index contributed by atoms with van der Waals surface area (Å²) in [5.41, 5.74) is 3.04. The Hall–Kier alpha value is -1.55. The van der Waals surface area contributed by atoms with Crippen LogP contribution in [0, 0.1) is 12.8 Å². The number of carbonyl (C=O) groups is 1. The predicted molar refractivity (Wildman–Crippen MR) is 81.1 cm³/mol. The maximum absolute atomic E-state index is 11.8. The van der Waals surface area contributed by atoms with Gasteiger partial charge in [-0.25, -0.2) is 0 Å². The third-order valence-corrected chi connectivity index (χ3v) is 4.70. The van der Waals surface area contributed by atoms with Crippen LogP contribution in [-0.2, 0) is 0 Å². The molecule has 2 aliphatic rings. The third-order valence-electron chi connectivity index (χ3n) is 4.70. The second-order valence-corrected chi connectivity index (χ2v) is 6.00. The van der Waals surface area contributed by atoms with Crippen LogP contribution in [0.3, 0.4) is 0 Å². The third kappa shape index (κ3) is 2.52. The van der Waals surface area contributed by atoms with Crippen molar-refractivity contribution in [1.82, 2.24) is 10.2 Å². The minimum Gasteiger partial charge on any atom is -0.382 e. The summed E-state index contributed by atoms with van der Waals surface area (Å²) >= 11 is 0. The average Bonchev–Trinajstić information content (AvgIpc) is 2.86. The van der Waals surface area contributed by atoms with E-state index in [2.05, 4.69) is 22.5 Å². The molecule has 0 aliphatic carbocycles. The van der Waals surface area contributed by atoms with E-state index in [4.69, 9.17) is 0 Å². The second kappa shape index (κ2) is 5.44. The molecular formula is C16H23N3O. The first-order valence-electron chi connectivity index (χ1n) is 7.49. The van der Waals surface area contributed by atoms with E-state index in [0.717, 1.165) is 17.2 Å². The highest BCUT2D eigenvalue weighted by Crippen LogP contribution is 2.30. The first-order chi connectivity index (χ1) is 9.67. The van der Waals surface area contributed by atoms with Gasteiger partial charge in [-0.15, -0.1) is 0 Å². The molecular weight excluding hydrogens is 250 g/mol. The summed E-state index contributed by atoms with van der Waals surface area (Å²) < 4.78 is 0. The van der Waals surface area contributed by atoms with Crippen LogP contribution in [0.15, 0.2) is 18.2 Å². The fourth-order valence-corrected chi connectivity index (χ4v) is 3.40. The van der Waals surface area contributed by atoms with Crippen LogP contribution in [0.2, 0.25) is 0 Å². The highest BCUT2D eigenvalue weighted by atomic mass is 16.1. The molecule has 1 amide bonds. The molecule has 2 aliphatic heterocycles. The molecule has 108 valence electrons. The average molecular weight is 273 g/mol. The number of rotatable bonds is 3. The van der Waals surface area contributed by atoms with Gasteiger partial charge in [-0.1, -0.05) is 6.07 Å². The van der Waals surface area contributed by atoms with E-state index in [-0.39, 0.29) is 5.91 Å². The van der Waals surface area contributed by atoms with Crippen molar-refractivity contribution in [3.63, 3.8) is 0 Å². The van der Waals surface area contributed by atoms with Gasteiger partial charge in [0.2, 0.25) is 0 Å². The van der Waals surface area contributed by atoms with E-state index in [9.17, 15) is 4.79 Å². The van der Waals surface area contributed by atoms with Crippen molar-refractivity contribution >= 4 is 11.6 Å². The largest absolute Gasteiger partial charge is 0.382 e. The fourth-order valence-electron chi connectivity index (χ4n) is 3.40. The highest BCUT2D eigenvalue weighted by Gasteiger charge is 2.34. The first kappa shape index (κ1) is 13.4. The molecule has 1 aromatic carbocycles. The fraction of sp³-hybridized carbons (Fsp3) is 0.562. The minimum atomic E-state index is -0.0243. The summed E-state index contributed by atoms with van der Waals surface area (Å²) in [5.74, 6) is 0.732. The van der Waals surface area contributed by atoms with Crippen LogP contribution in [-0.4, -0.2) is 43.5 Å². The molecule has 0 saturated carbocycles. The molecule has 4 nitrogen and oxygen atoms in total. The van der Waals surface area contributed by atoms with E-state index in [0.29, 0.717) is 6.04 Å². The molecule has 4 heteroatoms. The van der Waals surface area contributed by atoms with Crippen molar-refractivity contribution < 1.29 is 4.79 Å². The van der Waals surface area contributed by atoms with E-state index in [1.165, 1.54) is 38.0 Å². The maximum Gasteiger partial charge on any atom is 0.251 e. The zero-order valence-electron chi connectivity index (χ0n) is 12.3. The summed E-state index contributed by atoms with van der Waals surface area (Å²) in [6.45, 7) is 5.77. The van der Waals surface area contributed by atoms with Gasteiger partial charge in [0.25, 0.3) is 5.91 Å². The SMILES string of the molecule is CNC(=O)c1ccc(C)c(NC2CCN3CCC2C3)c1. The van der Waals surface area contributed by atoms with Gasteiger partial charge in [0, 0.05) is 37.4 Å². The Labute approximate surface area is 120 Å². The molecule has 0 aromatic heterocycles. The predicted octanol–water partition coefficient (Wildman–Crippen LogP) is 1.86. The number of benzene rings is 1. The lowest BCUT2D eigenvalue weighted by atomic mass is 9.93. The van der Waals surface area contributed by atoms with E-state index in [1.54, 1.807) is 7.05 Å². The van der Waals surface area contributed by atoms with Crippen LogP contribution >= 0.6 is 0 Å². The van der Waals surface area contributed by atoms with Gasteiger partial charge >= 0.3 is 0 Å². The molecule has 3 atom stereocenters. The standard InChI is InChI=1S/C16H23N3O/c1-11-3-4-12(16(20)17-2)9-15(11)18-14-6-8-19-7-5-13(14)10-19/h3-4,9,13-14,18H,5-8,10H2,1-2H3,(H,17,20). The molecule has 0 radical (unpaired) electrons. The number of aryl methyl sites for hydroxylation is 1. The van der Waals surface area contributed by atoms with Crippen molar-refractivity contribution in [1.29, 1.82) is 0 Å². The topological polar surface area (TPSA) is 44.4 Å². The summed E-state index contributed by atoms with van der Waals surface area (Å²) in [5, 5.41) is 6.37. The lowest BCUT2D eigenvalue weighted by Crippen LogP contribution is -2.39. The molecule has 20 heavy (non-hydrogen) atoms. The van der Waals surface area contributed by atoms with Crippen molar-refractivity contribution in [2.24, 2.45) is 5.92 Å². The highest BCUT2D eigenvalue weighted by molar-refractivity contribution is 5.95. The zero-order chi connectivity index (χ0) is 14.1. The van der Waals surface area contributed by atoms with Crippen molar-refractivity contribution in [2.45, 2.75) is 25.8 Å². The smallest absolute Gasteiger partial charge is 0.251 e. The molecule has 2 fully saturated rings. The Morgan fingerprint density at radius 2 is 2.10 bits per heavy atom. The van der Waals surface area contributed by atoms with E-state index in [1.807, 2.05) is 18.2 Å². The lowest BCUT2D eigenvalue weighted by molar-refractivity contribution is 0.0963. The van der Waals surface area contributed by atoms with Gasteiger partial charge in [-0.05, 0) is 49.9 Å². The summed E-state index contributed by atoms with van der Waals surface area (Å²) in [4.78, 5) is 14.3. The molecule has 3 rings (SSSR count). The zero-order valence-corrected chi connectivity index (χ0v) is 12.3. The Kier molecular flexibility index (Phi) is 3.66. The monoisotopic (exact) mass is 273 g/mol. The quantitative estimate of drug-likeness (QED) is 0.883. The van der Waals surface area contributed by atoms with Gasteiger partial charge in [0.15, 0.2) is 0 Å².